The lowest BCUT2D eigenvalue weighted by molar-refractivity contribution is -0.115. The van der Waals surface area contributed by atoms with E-state index in [0.717, 1.165) is 33.4 Å². The number of rotatable bonds is 3. The lowest BCUT2D eigenvalue weighted by Crippen LogP contribution is -2.28. The zero-order valence-electron chi connectivity index (χ0n) is 14.9. The molecule has 0 bridgehead atoms. The second-order valence-corrected chi connectivity index (χ2v) is 8.24. The predicted octanol–water partition coefficient (Wildman–Crippen LogP) is 6.27. The van der Waals surface area contributed by atoms with Crippen molar-refractivity contribution < 1.29 is 4.79 Å². The van der Waals surface area contributed by atoms with Gasteiger partial charge in [0.2, 0.25) is 5.91 Å². The summed E-state index contributed by atoms with van der Waals surface area (Å²) in [4.78, 5) is 18.5. The number of para-hydroxylation sites is 1. The molecule has 0 radical (unpaired) electrons. The van der Waals surface area contributed by atoms with Crippen LogP contribution in [0.5, 0.6) is 0 Å². The van der Waals surface area contributed by atoms with Gasteiger partial charge in [-0.1, -0.05) is 72.3 Å². The Balaban J connectivity index is 1.72. The second-order valence-electron chi connectivity index (χ2n) is 6.74. The molecule has 138 valence electrons. The molecule has 1 unspecified atom stereocenters. The molecular weight excluding hydrogens is 388 g/mol. The molecule has 5 rings (SSSR count). The van der Waals surface area contributed by atoms with Gasteiger partial charge in [0.25, 0.3) is 0 Å². The van der Waals surface area contributed by atoms with Crippen LogP contribution in [0.1, 0.15) is 10.9 Å². The van der Waals surface area contributed by atoms with E-state index in [9.17, 15) is 4.79 Å². The van der Waals surface area contributed by atoms with Crippen LogP contribution in [-0.2, 0) is 4.79 Å². The number of anilines is 1. The Morgan fingerprint density at radius 1 is 0.929 bits per heavy atom. The van der Waals surface area contributed by atoms with E-state index >= 15 is 0 Å². The number of fused-ring (bicyclic) bond motifs is 1. The molecule has 1 aliphatic rings. The van der Waals surface area contributed by atoms with E-state index in [1.807, 2.05) is 59.5 Å². The van der Waals surface area contributed by atoms with Crippen molar-refractivity contribution in [3.05, 3.63) is 89.4 Å². The summed E-state index contributed by atoms with van der Waals surface area (Å²) in [6.45, 7) is 0. The van der Waals surface area contributed by atoms with Gasteiger partial charge in [0, 0.05) is 21.5 Å². The first-order chi connectivity index (χ1) is 13.7. The Kier molecular flexibility index (Phi) is 4.38. The van der Waals surface area contributed by atoms with Gasteiger partial charge in [0.15, 0.2) is 0 Å². The van der Waals surface area contributed by atoms with Crippen molar-refractivity contribution in [2.75, 3.05) is 10.7 Å². The number of nitrogens with zero attached hydrogens (tertiary/aromatic N) is 1. The summed E-state index contributed by atoms with van der Waals surface area (Å²) in [6, 6.07) is 26.1. The first kappa shape index (κ1) is 17.4. The number of thioether (sulfide) groups is 1. The summed E-state index contributed by atoms with van der Waals surface area (Å²) in [6.07, 6.45) is 0. The second kappa shape index (κ2) is 7.04. The number of aromatic nitrogens is 1. The van der Waals surface area contributed by atoms with Crippen LogP contribution < -0.4 is 4.90 Å². The van der Waals surface area contributed by atoms with Crippen LogP contribution in [0.4, 0.5) is 5.69 Å². The van der Waals surface area contributed by atoms with E-state index in [4.69, 9.17) is 11.6 Å². The molecule has 1 saturated heterocycles. The number of nitrogens with one attached hydrogen (secondary N) is 1. The van der Waals surface area contributed by atoms with E-state index in [0.29, 0.717) is 10.8 Å². The van der Waals surface area contributed by atoms with Gasteiger partial charge in [0.05, 0.1) is 17.1 Å². The first-order valence-electron chi connectivity index (χ1n) is 9.07. The maximum absolute atomic E-state index is 13.0. The minimum absolute atomic E-state index is 0.0774. The Bertz CT molecular complexity index is 1150. The summed E-state index contributed by atoms with van der Waals surface area (Å²) in [7, 11) is 0. The van der Waals surface area contributed by atoms with E-state index in [1.54, 1.807) is 11.8 Å². The SMILES string of the molecule is O=C1CSC(c2ccc(Cl)cc2)N1c1c(-c2ccccc2)[nH]c2ccccc12. The third kappa shape index (κ3) is 2.89. The number of halogens is 1. The molecule has 1 aromatic heterocycles. The molecule has 0 spiro atoms. The fourth-order valence-corrected chi connectivity index (χ4v) is 5.02. The van der Waals surface area contributed by atoms with Gasteiger partial charge in [-0.05, 0) is 23.8 Å². The van der Waals surface area contributed by atoms with Crippen LogP contribution in [0.15, 0.2) is 78.9 Å². The molecule has 1 N–H and O–H groups in total. The fourth-order valence-electron chi connectivity index (χ4n) is 3.73. The van der Waals surface area contributed by atoms with Gasteiger partial charge >= 0.3 is 0 Å². The van der Waals surface area contributed by atoms with Crippen molar-refractivity contribution in [2.24, 2.45) is 0 Å². The monoisotopic (exact) mass is 404 g/mol. The number of carbonyl (C=O) groups is 1. The average molecular weight is 405 g/mol. The number of amides is 1. The summed E-state index contributed by atoms with van der Waals surface area (Å²) in [5.41, 5.74) is 5.07. The molecule has 1 fully saturated rings. The number of benzene rings is 3. The molecular formula is C23H17ClN2OS. The molecule has 5 heteroatoms. The van der Waals surface area contributed by atoms with Crippen LogP contribution in [-0.4, -0.2) is 16.6 Å². The van der Waals surface area contributed by atoms with Crippen molar-refractivity contribution in [1.29, 1.82) is 0 Å². The largest absolute Gasteiger partial charge is 0.353 e. The number of H-pyrrole nitrogens is 1. The highest BCUT2D eigenvalue weighted by Gasteiger charge is 2.37. The zero-order chi connectivity index (χ0) is 19.1. The van der Waals surface area contributed by atoms with Crippen molar-refractivity contribution in [3.63, 3.8) is 0 Å². The van der Waals surface area contributed by atoms with E-state index < -0.39 is 0 Å². The zero-order valence-corrected chi connectivity index (χ0v) is 16.5. The van der Waals surface area contributed by atoms with Crippen LogP contribution >= 0.6 is 23.4 Å². The van der Waals surface area contributed by atoms with E-state index in [1.165, 1.54) is 0 Å². The smallest absolute Gasteiger partial charge is 0.238 e. The molecule has 1 atom stereocenters. The number of aromatic amines is 1. The van der Waals surface area contributed by atoms with E-state index in [-0.39, 0.29) is 11.3 Å². The molecule has 28 heavy (non-hydrogen) atoms. The predicted molar refractivity (Wildman–Crippen MR) is 118 cm³/mol. The third-order valence-corrected chi connectivity index (χ3v) is 6.47. The minimum atomic E-state index is -0.0774. The summed E-state index contributed by atoms with van der Waals surface area (Å²) < 4.78 is 0. The molecule has 3 aromatic carbocycles. The molecule has 4 aromatic rings. The highest BCUT2D eigenvalue weighted by molar-refractivity contribution is 8.00. The molecule has 2 heterocycles. The summed E-state index contributed by atoms with van der Waals surface area (Å²) in [5, 5.41) is 1.67. The van der Waals surface area contributed by atoms with Gasteiger partial charge in [0.1, 0.15) is 5.37 Å². The minimum Gasteiger partial charge on any atom is -0.353 e. The first-order valence-corrected chi connectivity index (χ1v) is 10.5. The summed E-state index contributed by atoms with van der Waals surface area (Å²) in [5.74, 6) is 0.577. The van der Waals surface area contributed by atoms with Gasteiger partial charge in [-0.2, -0.15) is 0 Å². The van der Waals surface area contributed by atoms with Crippen LogP contribution in [0.25, 0.3) is 22.2 Å². The van der Waals surface area contributed by atoms with Gasteiger partial charge in [-0.25, -0.2) is 0 Å². The topological polar surface area (TPSA) is 36.1 Å². The van der Waals surface area contributed by atoms with Crippen molar-refractivity contribution >= 4 is 45.9 Å². The summed E-state index contributed by atoms with van der Waals surface area (Å²) >= 11 is 7.72. The third-order valence-electron chi connectivity index (χ3n) is 5.01. The molecule has 0 aliphatic carbocycles. The van der Waals surface area contributed by atoms with Crippen molar-refractivity contribution in [3.8, 4) is 11.3 Å². The molecule has 1 amide bonds. The van der Waals surface area contributed by atoms with E-state index in [2.05, 4.69) is 29.2 Å². The highest BCUT2D eigenvalue weighted by atomic mass is 35.5. The van der Waals surface area contributed by atoms with Crippen molar-refractivity contribution in [1.82, 2.24) is 4.98 Å². The lowest BCUT2D eigenvalue weighted by atomic mass is 10.1. The normalized spacial score (nSPS) is 16.8. The van der Waals surface area contributed by atoms with Gasteiger partial charge in [-0.3, -0.25) is 9.69 Å². The van der Waals surface area contributed by atoms with Crippen molar-refractivity contribution in [2.45, 2.75) is 5.37 Å². The van der Waals surface area contributed by atoms with Gasteiger partial charge in [-0.15, -0.1) is 11.8 Å². The molecule has 3 nitrogen and oxygen atoms in total. The molecule has 0 saturated carbocycles. The van der Waals surface area contributed by atoms with Crippen LogP contribution in [0.3, 0.4) is 0 Å². The number of carbonyl (C=O) groups excluding carboxylic acids is 1. The van der Waals surface area contributed by atoms with Gasteiger partial charge < -0.3 is 4.98 Å². The maximum atomic E-state index is 13.0. The Morgan fingerprint density at radius 3 is 2.43 bits per heavy atom. The Morgan fingerprint density at radius 2 is 1.64 bits per heavy atom. The average Bonchev–Trinajstić information content (AvgIpc) is 3.29. The Labute approximate surface area is 172 Å². The Hall–Kier alpha value is -2.69. The fraction of sp³-hybridized carbons (Fsp3) is 0.0870. The molecule has 1 aliphatic heterocycles. The standard InChI is InChI=1S/C23H17ClN2OS/c24-17-12-10-16(11-13-17)23-26(20(27)14-28-23)22-18-8-4-5-9-19(18)25-21(22)15-6-2-1-3-7-15/h1-13,23,25H,14H2. The van der Waals surface area contributed by atoms with Crippen LogP contribution in [0, 0.1) is 0 Å². The lowest BCUT2D eigenvalue weighted by Gasteiger charge is -2.25. The maximum Gasteiger partial charge on any atom is 0.238 e. The van der Waals surface area contributed by atoms with Crippen LogP contribution in [0.2, 0.25) is 5.02 Å². The quantitative estimate of drug-likeness (QED) is 0.437. The highest BCUT2D eigenvalue weighted by Crippen LogP contribution is 2.48. The number of hydrogen-bond donors (Lipinski definition) is 1. The number of hydrogen-bond acceptors (Lipinski definition) is 2.